The topological polar surface area (TPSA) is 32.3 Å². The van der Waals surface area contributed by atoms with E-state index < -0.39 is 0 Å². The van der Waals surface area contributed by atoms with Crippen LogP contribution in [0.15, 0.2) is 29.2 Å². The van der Waals surface area contributed by atoms with Gasteiger partial charge in [-0.2, -0.15) is 0 Å². The molecule has 1 aromatic carbocycles. The van der Waals surface area contributed by atoms with E-state index in [4.69, 9.17) is 0 Å². The molecule has 1 fully saturated rings. The molecule has 104 valence electrons. The summed E-state index contributed by atoms with van der Waals surface area (Å²) in [5, 5.41) is 3.35. The van der Waals surface area contributed by atoms with Gasteiger partial charge in [0.2, 0.25) is 0 Å². The summed E-state index contributed by atoms with van der Waals surface area (Å²) in [7, 11) is 0. The molecule has 0 unspecified atom stereocenters. The van der Waals surface area contributed by atoms with Crippen LogP contribution >= 0.6 is 11.8 Å². The minimum absolute atomic E-state index is 0.180. The molecule has 0 aliphatic carbocycles. The Kier molecular flexibility index (Phi) is 5.28. The number of carbonyl (C=O) groups is 1. The van der Waals surface area contributed by atoms with Gasteiger partial charge in [0, 0.05) is 17.5 Å². The molecule has 1 saturated heterocycles. The third-order valence-electron chi connectivity index (χ3n) is 3.69. The Balaban J connectivity index is 2.19. The summed E-state index contributed by atoms with van der Waals surface area (Å²) >= 11 is 1.64. The van der Waals surface area contributed by atoms with Crippen LogP contribution in [0.2, 0.25) is 0 Å². The number of thioether (sulfide) groups is 1. The fraction of sp³-hybridized carbons (Fsp3) is 0.533. The van der Waals surface area contributed by atoms with Crippen LogP contribution in [-0.4, -0.2) is 42.7 Å². The quantitative estimate of drug-likeness (QED) is 0.859. The highest BCUT2D eigenvalue weighted by molar-refractivity contribution is 7.98. The predicted molar refractivity (Wildman–Crippen MR) is 80.8 cm³/mol. The fourth-order valence-electron chi connectivity index (χ4n) is 2.66. The van der Waals surface area contributed by atoms with Crippen LogP contribution < -0.4 is 5.32 Å². The minimum Gasteiger partial charge on any atom is -0.336 e. The zero-order valence-electron chi connectivity index (χ0n) is 11.7. The van der Waals surface area contributed by atoms with Crippen molar-refractivity contribution < 1.29 is 4.79 Å². The van der Waals surface area contributed by atoms with Gasteiger partial charge in [-0.25, -0.2) is 0 Å². The molecule has 0 saturated carbocycles. The van der Waals surface area contributed by atoms with Gasteiger partial charge < -0.3 is 10.2 Å². The first-order chi connectivity index (χ1) is 9.27. The first kappa shape index (κ1) is 14.4. The van der Waals surface area contributed by atoms with Crippen molar-refractivity contribution in [3.05, 3.63) is 29.8 Å². The van der Waals surface area contributed by atoms with Gasteiger partial charge in [0.1, 0.15) is 0 Å². The summed E-state index contributed by atoms with van der Waals surface area (Å²) in [4.78, 5) is 15.9. The van der Waals surface area contributed by atoms with E-state index in [1.54, 1.807) is 11.8 Å². The van der Waals surface area contributed by atoms with Crippen molar-refractivity contribution in [2.45, 2.75) is 30.7 Å². The Labute approximate surface area is 119 Å². The van der Waals surface area contributed by atoms with Crippen LogP contribution in [0.1, 0.15) is 30.1 Å². The number of benzene rings is 1. The molecule has 1 aliphatic heterocycles. The Morgan fingerprint density at radius 1 is 1.37 bits per heavy atom. The van der Waals surface area contributed by atoms with E-state index in [1.165, 1.54) is 0 Å². The van der Waals surface area contributed by atoms with Crippen LogP contribution in [0.5, 0.6) is 0 Å². The lowest BCUT2D eigenvalue weighted by atomic mass is 10.0. The summed E-state index contributed by atoms with van der Waals surface area (Å²) in [5.41, 5.74) is 0.843. The highest BCUT2D eigenvalue weighted by Crippen LogP contribution is 2.23. The predicted octanol–water partition coefficient (Wildman–Crippen LogP) is 2.62. The van der Waals surface area contributed by atoms with E-state index in [-0.39, 0.29) is 5.91 Å². The van der Waals surface area contributed by atoms with Crippen LogP contribution in [0.25, 0.3) is 0 Å². The standard InChI is InChI=1S/C15H22N2OS/c1-3-17(12-8-10-16-11-9-12)15(18)13-6-4-5-7-14(13)19-2/h4-7,12,16H,3,8-11H2,1-2H3. The molecule has 0 bridgehead atoms. The highest BCUT2D eigenvalue weighted by Gasteiger charge is 2.25. The Morgan fingerprint density at radius 3 is 2.68 bits per heavy atom. The monoisotopic (exact) mass is 278 g/mol. The molecule has 1 amide bonds. The number of nitrogens with one attached hydrogen (secondary N) is 1. The second kappa shape index (κ2) is 6.96. The maximum absolute atomic E-state index is 12.7. The summed E-state index contributed by atoms with van der Waals surface area (Å²) in [6.07, 6.45) is 4.13. The summed E-state index contributed by atoms with van der Waals surface area (Å²) < 4.78 is 0. The second-order valence-corrected chi connectivity index (χ2v) is 5.62. The third kappa shape index (κ3) is 3.31. The maximum atomic E-state index is 12.7. The zero-order chi connectivity index (χ0) is 13.7. The van der Waals surface area contributed by atoms with Gasteiger partial charge in [0.15, 0.2) is 0 Å². The summed E-state index contributed by atoms with van der Waals surface area (Å²) in [6, 6.07) is 8.28. The van der Waals surface area contributed by atoms with E-state index in [0.29, 0.717) is 6.04 Å². The number of amides is 1. The lowest BCUT2D eigenvalue weighted by Gasteiger charge is -2.34. The Hall–Kier alpha value is -1.00. The van der Waals surface area contributed by atoms with Crippen molar-refractivity contribution in [2.24, 2.45) is 0 Å². The largest absolute Gasteiger partial charge is 0.336 e. The number of carbonyl (C=O) groups excluding carboxylic acids is 1. The number of hydrogen-bond donors (Lipinski definition) is 1. The van der Waals surface area contributed by atoms with Crippen LogP contribution in [0.3, 0.4) is 0 Å². The van der Waals surface area contributed by atoms with Crippen LogP contribution in [-0.2, 0) is 0 Å². The van der Waals surface area contributed by atoms with Crippen LogP contribution in [0, 0.1) is 0 Å². The van der Waals surface area contributed by atoms with Gasteiger partial charge in [-0.3, -0.25) is 4.79 Å². The zero-order valence-corrected chi connectivity index (χ0v) is 12.5. The third-order valence-corrected chi connectivity index (χ3v) is 4.48. The molecule has 1 aromatic rings. The van der Waals surface area contributed by atoms with Crippen molar-refractivity contribution in [3.8, 4) is 0 Å². The summed E-state index contributed by atoms with van der Waals surface area (Å²) in [6.45, 7) is 4.88. The Bertz CT molecular complexity index is 430. The average Bonchev–Trinajstić information content (AvgIpc) is 2.49. The minimum atomic E-state index is 0.180. The van der Waals surface area contributed by atoms with E-state index in [0.717, 1.165) is 42.9 Å². The summed E-state index contributed by atoms with van der Waals surface area (Å²) in [5.74, 6) is 0.180. The van der Waals surface area contributed by atoms with Crippen molar-refractivity contribution >= 4 is 17.7 Å². The number of rotatable bonds is 4. The van der Waals surface area contributed by atoms with E-state index >= 15 is 0 Å². The molecule has 1 aliphatic rings. The first-order valence-corrected chi connectivity index (χ1v) is 8.15. The van der Waals surface area contributed by atoms with Crippen molar-refractivity contribution in [1.29, 1.82) is 0 Å². The van der Waals surface area contributed by atoms with Gasteiger partial charge >= 0.3 is 0 Å². The molecule has 1 heterocycles. The fourth-order valence-corrected chi connectivity index (χ4v) is 3.25. The molecule has 0 radical (unpaired) electrons. The molecule has 0 aromatic heterocycles. The maximum Gasteiger partial charge on any atom is 0.255 e. The van der Waals surface area contributed by atoms with Crippen molar-refractivity contribution in [2.75, 3.05) is 25.9 Å². The first-order valence-electron chi connectivity index (χ1n) is 6.92. The van der Waals surface area contributed by atoms with Gasteiger partial charge in [-0.15, -0.1) is 11.8 Å². The molecule has 0 atom stereocenters. The molecule has 1 N–H and O–H groups in total. The molecule has 3 nitrogen and oxygen atoms in total. The molecule has 19 heavy (non-hydrogen) atoms. The number of piperidine rings is 1. The second-order valence-electron chi connectivity index (χ2n) is 4.77. The number of hydrogen-bond acceptors (Lipinski definition) is 3. The van der Waals surface area contributed by atoms with Gasteiger partial charge in [0.05, 0.1) is 5.56 Å². The lowest BCUT2D eigenvalue weighted by Crippen LogP contribution is -2.46. The highest BCUT2D eigenvalue weighted by atomic mass is 32.2. The lowest BCUT2D eigenvalue weighted by molar-refractivity contribution is 0.0652. The normalized spacial score (nSPS) is 16.3. The van der Waals surface area contributed by atoms with Crippen LogP contribution in [0.4, 0.5) is 0 Å². The molecular weight excluding hydrogens is 256 g/mol. The SMILES string of the molecule is CCN(C(=O)c1ccccc1SC)C1CCNCC1. The van der Waals surface area contributed by atoms with E-state index in [9.17, 15) is 4.79 Å². The number of nitrogens with zero attached hydrogens (tertiary/aromatic N) is 1. The molecule has 4 heteroatoms. The molecule has 0 spiro atoms. The molecular formula is C15H22N2OS. The van der Waals surface area contributed by atoms with Crippen molar-refractivity contribution in [1.82, 2.24) is 10.2 Å². The van der Waals surface area contributed by atoms with Gasteiger partial charge in [-0.1, -0.05) is 12.1 Å². The van der Waals surface area contributed by atoms with E-state index in [2.05, 4.69) is 12.2 Å². The molecule has 2 rings (SSSR count). The van der Waals surface area contributed by atoms with E-state index in [1.807, 2.05) is 35.4 Å². The van der Waals surface area contributed by atoms with Crippen molar-refractivity contribution in [3.63, 3.8) is 0 Å². The Morgan fingerprint density at radius 2 is 2.05 bits per heavy atom. The smallest absolute Gasteiger partial charge is 0.255 e. The van der Waals surface area contributed by atoms with Gasteiger partial charge in [-0.05, 0) is 51.2 Å². The van der Waals surface area contributed by atoms with Gasteiger partial charge in [0.25, 0.3) is 5.91 Å². The average molecular weight is 278 g/mol.